The molecule has 18 heavy (non-hydrogen) atoms. The molecular weight excluding hydrogens is 237 g/mol. The molecule has 3 rings (SSSR count). The SMILES string of the molecule is Oc1c(F)cc2c(c1C1CCCCN1)OCCO2. The van der Waals surface area contributed by atoms with Gasteiger partial charge in [-0.25, -0.2) is 4.39 Å². The van der Waals surface area contributed by atoms with Crippen LogP contribution in [-0.4, -0.2) is 24.9 Å². The first-order valence-electron chi connectivity index (χ1n) is 6.31. The van der Waals surface area contributed by atoms with Crippen LogP contribution >= 0.6 is 0 Å². The van der Waals surface area contributed by atoms with E-state index in [9.17, 15) is 9.50 Å². The number of phenols is 1. The fourth-order valence-corrected chi connectivity index (χ4v) is 2.59. The fourth-order valence-electron chi connectivity index (χ4n) is 2.59. The summed E-state index contributed by atoms with van der Waals surface area (Å²) in [5.41, 5.74) is 0.504. The van der Waals surface area contributed by atoms with Gasteiger partial charge in [-0.3, -0.25) is 0 Å². The van der Waals surface area contributed by atoms with Gasteiger partial charge in [-0.05, 0) is 19.4 Å². The monoisotopic (exact) mass is 253 g/mol. The lowest BCUT2D eigenvalue weighted by Crippen LogP contribution is -2.28. The summed E-state index contributed by atoms with van der Waals surface area (Å²) in [4.78, 5) is 0. The van der Waals surface area contributed by atoms with Crippen LogP contribution in [-0.2, 0) is 0 Å². The first-order chi connectivity index (χ1) is 8.77. The first-order valence-corrected chi connectivity index (χ1v) is 6.31. The summed E-state index contributed by atoms with van der Waals surface area (Å²) >= 11 is 0. The molecule has 1 saturated heterocycles. The smallest absolute Gasteiger partial charge is 0.170 e. The number of nitrogens with one attached hydrogen (secondary N) is 1. The maximum Gasteiger partial charge on any atom is 0.170 e. The molecule has 0 amide bonds. The third-order valence-corrected chi connectivity index (χ3v) is 3.45. The lowest BCUT2D eigenvalue weighted by atomic mass is 9.95. The van der Waals surface area contributed by atoms with Gasteiger partial charge in [-0.2, -0.15) is 0 Å². The zero-order valence-corrected chi connectivity index (χ0v) is 10.0. The second-order valence-electron chi connectivity index (χ2n) is 4.65. The fraction of sp³-hybridized carbons (Fsp3) is 0.538. The Labute approximate surface area is 105 Å². The Hall–Kier alpha value is -1.49. The van der Waals surface area contributed by atoms with Crippen LogP contribution in [0, 0.1) is 5.82 Å². The zero-order valence-electron chi connectivity index (χ0n) is 10.0. The number of rotatable bonds is 1. The summed E-state index contributed by atoms with van der Waals surface area (Å²) in [6, 6.07) is 1.13. The maximum atomic E-state index is 13.7. The average molecular weight is 253 g/mol. The van der Waals surface area contributed by atoms with Gasteiger partial charge in [0.1, 0.15) is 13.2 Å². The number of aromatic hydroxyl groups is 1. The number of hydrogen-bond donors (Lipinski definition) is 2. The molecule has 4 nitrogen and oxygen atoms in total. The summed E-state index contributed by atoms with van der Waals surface area (Å²) in [6.07, 6.45) is 3.03. The minimum absolute atomic E-state index is 0.0649. The molecule has 5 heteroatoms. The van der Waals surface area contributed by atoms with E-state index in [1.165, 1.54) is 6.07 Å². The van der Waals surface area contributed by atoms with Crippen molar-refractivity contribution in [3.63, 3.8) is 0 Å². The largest absolute Gasteiger partial charge is 0.504 e. The molecule has 0 saturated carbocycles. The van der Waals surface area contributed by atoms with E-state index < -0.39 is 5.82 Å². The Bertz CT molecular complexity index is 458. The Balaban J connectivity index is 2.07. The number of hydrogen-bond acceptors (Lipinski definition) is 4. The van der Waals surface area contributed by atoms with Gasteiger partial charge in [0.15, 0.2) is 23.1 Å². The van der Waals surface area contributed by atoms with Crippen molar-refractivity contribution in [2.24, 2.45) is 0 Å². The third-order valence-electron chi connectivity index (χ3n) is 3.45. The van der Waals surface area contributed by atoms with Gasteiger partial charge in [0.05, 0.1) is 5.56 Å². The molecule has 0 aromatic heterocycles. The molecule has 0 bridgehead atoms. The minimum atomic E-state index is -0.651. The van der Waals surface area contributed by atoms with Crippen molar-refractivity contribution in [2.45, 2.75) is 25.3 Å². The average Bonchev–Trinajstić information content (AvgIpc) is 2.41. The van der Waals surface area contributed by atoms with Crippen molar-refractivity contribution in [1.29, 1.82) is 0 Å². The topological polar surface area (TPSA) is 50.7 Å². The lowest BCUT2D eigenvalue weighted by Gasteiger charge is -2.29. The lowest BCUT2D eigenvalue weighted by molar-refractivity contribution is 0.165. The standard InChI is InChI=1S/C13H16FNO3/c14-8-7-10-13(18-6-5-17-10)11(12(8)16)9-3-1-2-4-15-9/h7,9,15-16H,1-6H2. The van der Waals surface area contributed by atoms with Crippen LogP contribution in [0.2, 0.25) is 0 Å². The molecule has 0 spiro atoms. The maximum absolute atomic E-state index is 13.7. The van der Waals surface area contributed by atoms with Crippen LogP contribution in [0.3, 0.4) is 0 Å². The van der Waals surface area contributed by atoms with Crippen LogP contribution in [0.5, 0.6) is 17.2 Å². The Morgan fingerprint density at radius 2 is 2.11 bits per heavy atom. The summed E-state index contributed by atoms with van der Waals surface area (Å²) in [6.45, 7) is 1.71. The van der Waals surface area contributed by atoms with Gasteiger partial charge in [0, 0.05) is 12.1 Å². The van der Waals surface area contributed by atoms with Crippen molar-refractivity contribution in [2.75, 3.05) is 19.8 Å². The molecule has 98 valence electrons. The summed E-state index contributed by atoms with van der Waals surface area (Å²) < 4.78 is 24.6. The van der Waals surface area contributed by atoms with Crippen molar-refractivity contribution < 1.29 is 19.0 Å². The number of benzene rings is 1. The van der Waals surface area contributed by atoms with Crippen molar-refractivity contribution in [1.82, 2.24) is 5.32 Å². The van der Waals surface area contributed by atoms with Crippen molar-refractivity contribution >= 4 is 0 Å². The summed E-state index contributed by atoms with van der Waals surface area (Å²) in [7, 11) is 0. The molecular formula is C13H16FNO3. The van der Waals surface area contributed by atoms with Crippen LogP contribution in [0.25, 0.3) is 0 Å². The number of halogens is 1. The Morgan fingerprint density at radius 1 is 1.28 bits per heavy atom. The number of ether oxygens (including phenoxy) is 2. The summed E-state index contributed by atoms with van der Waals surface area (Å²) in [5.74, 6) is -0.0984. The quantitative estimate of drug-likeness (QED) is 0.805. The molecule has 2 aliphatic rings. The molecule has 1 fully saturated rings. The van der Waals surface area contributed by atoms with Crippen LogP contribution < -0.4 is 14.8 Å². The molecule has 0 radical (unpaired) electrons. The van der Waals surface area contributed by atoms with Gasteiger partial charge in [-0.15, -0.1) is 0 Å². The number of phenolic OH excluding ortho intramolecular Hbond substituents is 1. The summed E-state index contributed by atoms with van der Waals surface area (Å²) in [5, 5.41) is 13.2. The predicted octanol–water partition coefficient (Wildman–Crippen LogP) is 2.12. The molecule has 0 aliphatic carbocycles. The van der Waals surface area contributed by atoms with E-state index in [-0.39, 0.29) is 11.8 Å². The van der Waals surface area contributed by atoms with Gasteiger partial charge in [-0.1, -0.05) is 6.42 Å². The second-order valence-corrected chi connectivity index (χ2v) is 4.65. The van der Waals surface area contributed by atoms with E-state index >= 15 is 0 Å². The van der Waals surface area contributed by atoms with Crippen molar-refractivity contribution in [3.05, 3.63) is 17.4 Å². The highest BCUT2D eigenvalue weighted by Crippen LogP contribution is 2.45. The third kappa shape index (κ3) is 1.88. The zero-order chi connectivity index (χ0) is 12.5. The van der Waals surface area contributed by atoms with E-state index in [0.29, 0.717) is 30.3 Å². The Kier molecular flexibility index (Phi) is 2.99. The van der Waals surface area contributed by atoms with Gasteiger partial charge in [0.2, 0.25) is 0 Å². The molecule has 1 aromatic carbocycles. The van der Waals surface area contributed by atoms with E-state index in [0.717, 1.165) is 25.8 Å². The second kappa shape index (κ2) is 4.65. The minimum Gasteiger partial charge on any atom is -0.504 e. The molecule has 2 N–H and O–H groups in total. The number of fused-ring (bicyclic) bond motifs is 1. The van der Waals surface area contributed by atoms with E-state index in [1.807, 2.05) is 0 Å². The first kappa shape index (κ1) is 11.6. The van der Waals surface area contributed by atoms with Gasteiger partial charge >= 0.3 is 0 Å². The molecule has 2 aliphatic heterocycles. The van der Waals surface area contributed by atoms with E-state index in [2.05, 4.69) is 5.32 Å². The van der Waals surface area contributed by atoms with Gasteiger partial charge in [0.25, 0.3) is 0 Å². The highest BCUT2D eigenvalue weighted by atomic mass is 19.1. The molecule has 1 atom stereocenters. The molecule has 1 unspecified atom stereocenters. The number of piperidine rings is 1. The van der Waals surface area contributed by atoms with Crippen LogP contribution in [0.1, 0.15) is 30.9 Å². The van der Waals surface area contributed by atoms with Crippen LogP contribution in [0.4, 0.5) is 4.39 Å². The van der Waals surface area contributed by atoms with Crippen molar-refractivity contribution in [3.8, 4) is 17.2 Å². The molecule has 1 aromatic rings. The molecule has 2 heterocycles. The Morgan fingerprint density at radius 3 is 2.89 bits per heavy atom. The van der Waals surface area contributed by atoms with E-state index in [4.69, 9.17) is 9.47 Å². The van der Waals surface area contributed by atoms with E-state index in [1.54, 1.807) is 0 Å². The van der Waals surface area contributed by atoms with Gasteiger partial charge < -0.3 is 19.9 Å². The highest BCUT2D eigenvalue weighted by molar-refractivity contribution is 5.56. The predicted molar refractivity (Wildman–Crippen MR) is 63.6 cm³/mol. The van der Waals surface area contributed by atoms with Crippen LogP contribution in [0.15, 0.2) is 6.07 Å². The highest BCUT2D eigenvalue weighted by Gasteiger charge is 2.29. The normalized spacial score (nSPS) is 22.8.